The molecule has 2 rings (SSSR count). The van der Waals surface area contributed by atoms with Crippen molar-refractivity contribution in [1.82, 2.24) is 4.90 Å². The van der Waals surface area contributed by atoms with Crippen LogP contribution in [0.5, 0.6) is 5.75 Å². The Hall–Kier alpha value is -1.13. The van der Waals surface area contributed by atoms with Crippen molar-refractivity contribution in [2.75, 3.05) is 19.7 Å². The average molecular weight is 278 g/mol. The molecule has 2 N–H and O–H groups in total. The van der Waals surface area contributed by atoms with E-state index in [9.17, 15) is 0 Å². The zero-order valence-electron chi connectivity index (χ0n) is 11.5. The van der Waals surface area contributed by atoms with Gasteiger partial charge in [0.1, 0.15) is 17.3 Å². The molecule has 1 unspecified atom stereocenters. The van der Waals surface area contributed by atoms with Gasteiger partial charge in [-0.25, -0.2) is 0 Å². The number of ether oxygens (including phenoxy) is 1. The molecule has 0 aliphatic carbocycles. The van der Waals surface area contributed by atoms with Crippen LogP contribution in [0, 0.1) is 0 Å². The van der Waals surface area contributed by atoms with Crippen LogP contribution in [0.2, 0.25) is 0 Å². The molecule has 104 valence electrons. The molecule has 1 atom stereocenters. The van der Waals surface area contributed by atoms with Crippen LogP contribution in [0.1, 0.15) is 31.7 Å². The number of benzene rings is 1. The summed E-state index contributed by atoms with van der Waals surface area (Å²) < 4.78 is 5.77. The van der Waals surface area contributed by atoms with E-state index in [2.05, 4.69) is 11.8 Å². The van der Waals surface area contributed by atoms with Gasteiger partial charge in [0.05, 0.1) is 0 Å². The van der Waals surface area contributed by atoms with Gasteiger partial charge >= 0.3 is 0 Å². The lowest BCUT2D eigenvalue weighted by Crippen LogP contribution is -2.39. The van der Waals surface area contributed by atoms with E-state index in [1.54, 1.807) is 0 Å². The molecule has 0 saturated carbocycles. The summed E-state index contributed by atoms with van der Waals surface area (Å²) in [6.07, 6.45) is 3.98. The maximum Gasteiger partial charge on any atom is 0.119 e. The summed E-state index contributed by atoms with van der Waals surface area (Å²) in [7, 11) is 0. The first-order valence-electron chi connectivity index (χ1n) is 6.93. The Morgan fingerprint density at radius 3 is 2.74 bits per heavy atom. The second-order valence-corrected chi connectivity index (χ2v) is 5.56. The van der Waals surface area contributed by atoms with E-state index < -0.39 is 0 Å². The zero-order chi connectivity index (χ0) is 13.7. The number of hydrogen-bond donors (Lipinski definition) is 1. The van der Waals surface area contributed by atoms with Crippen LogP contribution < -0.4 is 10.5 Å². The highest BCUT2D eigenvalue weighted by atomic mass is 32.1. The van der Waals surface area contributed by atoms with Gasteiger partial charge < -0.3 is 10.5 Å². The number of nitrogens with zero attached hydrogens (tertiary/aromatic N) is 1. The van der Waals surface area contributed by atoms with Crippen molar-refractivity contribution in [1.29, 1.82) is 0 Å². The average Bonchev–Trinajstić information content (AvgIpc) is 2.41. The lowest BCUT2D eigenvalue weighted by molar-refractivity contribution is 0.133. The van der Waals surface area contributed by atoms with Crippen molar-refractivity contribution >= 4 is 17.2 Å². The van der Waals surface area contributed by atoms with Gasteiger partial charge in [-0.3, -0.25) is 4.90 Å². The van der Waals surface area contributed by atoms with E-state index in [4.69, 9.17) is 22.7 Å². The summed E-state index contributed by atoms with van der Waals surface area (Å²) in [5.41, 5.74) is 6.44. The smallest absolute Gasteiger partial charge is 0.119 e. The number of likely N-dealkylation sites (tertiary alicyclic amines) is 1. The Kier molecular flexibility index (Phi) is 5.16. The molecule has 0 aromatic heterocycles. The third-order valence-electron chi connectivity index (χ3n) is 3.73. The third-order valence-corrected chi connectivity index (χ3v) is 3.96. The number of piperidine rings is 1. The Balaban J connectivity index is 1.77. The van der Waals surface area contributed by atoms with Crippen LogP contribution in [-0.4, -0.2) is 35.6 Å². The molecule has 1 aliphatic heterocycles. The summed E-state index contributed by atoms with van der Waals surface area (Å²) >= 11 is 4.92. The summed E-state index contributed by atoms with van der Waals surface area (Å²) in [4.78, 5) is 2.93. The number of thiocarbonyl (C=S) groups is 1. The Labute approximate surface area is 120 Å². The van der Waals surface area contributed by atoms with Crippen LogP contribution >= 0.6 is 12.2 Å². The Bertz CT molecular complexity index is 419. The van der Waals surface area contributed by atoms with Crippen LogP contribution in [0.15, 0.2) is 24.3 Å². The minimum absolute atomic E-state index is 0.425. The Morgan fingerprint density at radius 1 is 1.37 bits per heavy atom. The highest BCUT2D eigenvalue weighted by Crippen LogP contribution is 2.16. The summed E-state index contributed by atoms with van der Waals surface area (Å²) in [6, 6.07) is 8.35. The largest absolute Gasteiger partial charge is 0.492 e. The number of nitrogens with two attached hydrogens (primary N) is 1. The molecule has 1 saturated heterocycles. The van der Waals surface area contributed by atoms with E-state index in [0.717, 1.165) is 24.5 Å². The monoisotopic (exact) mass is 278 g/mol. The molecule has 1 aromatic rings. The maximum absolute atomic E-state index is 5.77. The minimum Gasteiger partial charge on any atom is -0.492 e. The fourth-order valence-corrected chi connectivity index (χ4v) is 2.62. The maximum atomic E-state index is 5.77. The van der Waals surface area contributed by atoms with E-state index in [1.165, 1.54) is 25.8 Å². The first-order chi connectivity index (χ1) is 9.16. The quantitative estimate of drug-likeness (QED) is 0.840. The molecule has 3 nitrogen and oxygen atoms in total. The molecule has 4 heteroatoms. The van der Waals surface area contributed by atoms with Gasteiger partial charge in [0, 0.05) is 18.2 Å². The molecular weight excluding hydrogens is 256 g/mol. The first kappa shape index (κ1) is 14.3. The summed E-state index contributed by atoms with van der Waals surface area (Å²) in [6.45, 7) is 5.23. The lowest BCUT2D eigenvalue weighted by atomic mass is 10.0. The fraction of sp³-hybridized carbons (Fsp3) is 0.533. The van der Waals surface area contributed by atoms with Gasteiger partial charge in [0.25, 0.3) is 0 Å². The molecule has 1 heterocycles. The van der Waals surface area contributed by atoms with E-state index in [0.29, 0.717) is 11.0 Å². The van der Waals surface area contributed by atoms with E-state index >= 15 is 0 Å². The SMILES string of the molecule is CC1CCCCN1CCOc1ccc(C(N)=S)cc1. The molecular formula is C15H22N2OS. The molecule has 1 fully saturated rings. The molecule has 1 aromatic carbocycles. The lowest BCUT2D eigenvalue weighted by Gasteiger charge is -2.33. The fourth-order valence-electron chi connectivity index (χ4n) is 2.49. The Morgan fingerprint density at radius 2 is 2.11 bits per heavy atom. The number of rotatable bonds is 5. The molecule has 0 radical (unpaired) electrons. The van der Waals surface area contributed by atoms with Crippen LogP contribution in [0.25, 0.3) is 0 Å². The van der Waals surface area contributed by atoms with Gasteiger partial charge in [0.2, 0.25) is 0 Å². The van der Waals surface area contributed by atoms with Crippen molar-refractivity contribution in [2.45, 2.75) is 32.2 Å². The highest BCUT2D eigenvalue weighted by molar-refractivity contribution is 7.80. The predicted octanol–water partition coefficient (Wildman–Crippen LogP) is 2.57. The van der Waals surface area contributed by atoms with Gasteiger partial charge in [-0.15, -0.1) is 0 Å². The van der Waals surface area contributed by atoms with Crippen molar-refractivity contribution in [3.63, 3.8) is 0 Å². The first-order valence-corrected chi connectivity index (χ1v) is 7.34. The van der Waals surface area contributed by atoms with Crippen molar-refractivity contribution in [2.24, 2.45) is 5.73 Å². The van der Waals surface area contributed by atoms with Crippen LogP contribution in [0.4, 0.5) is 0 Å². The summed E-state index contributed by atoms with van der Waals surface area (Å²) in [5.74, 6) is 0.879. The van der Waals surface area contributed by atoms with Gasteiger partial charge in [-0.1, -0.05) is 18.6 Å². The van der Waals surface area contributed by atoms with Gasteiger partial charge in [-0.05, 0) is 50.6 Å². The predicted molar refractivity (Wildman–Crippen MR) is 82.7 cm³/mol. The molecule has 1 aliphatic rings. The van der Waals surface area contributed by atoms with Gasteiger partial charge in [0.15, 0.2) is 0 Å². The second-order valence-electron chi connectivity index (χ2n) is 5.12. The third kappa shape index (κ3) is 4.18. The minimum atomic E-state index is 0.425. The summed E-state index contributed by atoms with van der Waals surface area (Å²) in [5, 5.41) is 0. The van der Waals surface area contributed by atoms with Crippen LogP contribution in [0.3, 0.4) is 0 Å². The highest BCUT2D eigenvalue weighted by Gasteiger charge is 2.17. The zero-order valence-corrected chi connectivity index (χ0v) is 12.3. The standard InChI is InChI=1S/C15H22N2OS/c1-12-4-2-3-9-17(12)10-11-18-14-7-5-13(6-8-14)15(16)19/h5-8,12H,2-4,9-11H2,1H3,(H2,16,19). The van der Waals surface area contributed by atoms with Crippen molar-refractivity contribution in [3.8, 4) is 5.75 Å². The molecule has 0 spiro atoms. The van der Waals surface area contributed by atoms with Gasteiger partial charge in [-0.2, -0.15) is 0 Å². The normalized spacial score (nSPS) is 20.2. The van der Waals surface area contributed by atoms with E-state index in [-0.39, 0.29) is 0 Å². The van der Waals surface area contributed by atoms with E-state index in [1.807, 2.05) is 24.3 Å². The molecule has 0 bridgehead atoms. The topological polar surface area (TPSA) is 38.5 Å². The van der Waals surface area contributed by atoms with Crippen molar-refractivity contribution in [3.05, 3.63) is 29.8 Å². The molecule has 19 heavy (non-hydrogen) atoms. The number of hydrogen-bond acceptors (Lipinski definition) is 3. The molecule has 0 amide bonds. The second kappa shape index (κ2) is 6.87. The van der Waals surface area contributed by atoms with Crippen LogP contribution in [-0.2, 0) is 0 Å². The van der Waals surface area contributed by atoms with Crippen molar-refractivity contribution < 1.29 is 4.74 Å².